The molecule has 0 fully saturated rings. The van der Waals surface area contributed by atoms with E-state index in [0.717, 1.165) is 23.5 Å². The van der Waals surface area contributed by atoms with Gasteiger partial charge in [0.2, 0.25) is 0 Å². The van der Waals surface area contributed by atoms with Gasteiger partial charge in [-0.1, -0.05) is 28.1 Å². The van der Waals surface area contributed by atoms with E-state index in [4.69, 9.17) is 0 Å². The molecule has 1 heterocycles. The number of halogens is 1. The summed E-state index contributed by atoms with van der Waals surface area (Å²) in [7, 11) is 0. The lowest BCUT2D eigenvalue weighted by molar-refractivity contribution is 0.702. The Bertz CT molecular complexity index is 359. The zero-order valence-corrected chi connectivity index (χ0v) is 10.2. The van der Waals surface area contributed by atoms with Crippen LogP contribution in [0.3, 0.4) is 0 Å². The van der Waals surface area contributed by atoms with Gasteiger partial charge in [0.25, 0.3) is 0 Å². The first kappa shape index (κ1) is 10.5. The van der Waals surface area contributed by atoms with Crippen molar-refractivity contribution < 1.29 is 0 Å². The predicted octanol–water partition coefficient (Wildman–Crippen LogP) is 2.06. The minimum absolute atomic E-state index is 0.280. The topological polar surface area (TPSA) is 36.4 Å². The van der Waals surface area contributed by atoms with Crippen molar-refractivity contribution in [1.29, 1.82) is 0 Å². The SMILES string of the molecule is C[C@@H](NC1=NCCN1)c1ccc(Br)cc1. The second-order valence-corrected chi connectivity index (χ2v) is 4.49. The van der Waals surface area contributed by atoms with E-state index in [0.29, 0.717) is 0 Å². The number of benzene rings is 1. The second-order valence-electron chi connectivity index (χ2n) is 3.57. The van der Waals surface area contributed by atoms with Crippen molar-refractivity contribution in [2.24, 2.45) is 4.99 Å². The number of nitrogens with one attached hydrogen (secondary N) is 2. The molecule has 80 valence electrons. The van der Waals surface area contributed by atoms with Crippen LogP contribution in [-0.2, 0) is 0 Å². The van der Waals surface area contributed by atoms with Gasteiger partial charge in [-0.05, 0) is 24.6 Å². The van der Waals surface area contributed by atoms with E-state index in [-0.39, 0.29) is 6.04 Å². The van der Waals surface area contributed by atoms with Gasteiger partial charge in [-0.25, -0.2) is 0 Å². The Morgan fingerprint density at radius 2 is 2.13 bits per heavy atom. The highest BCUT2D eigenvalue weighted by molar-refractivity contribution is 9.10. The van der Waals surface area contributed by atoms with Gasteiger partial charge in [0.05, 0.1) is 12.6 Å². The van der Waals surface area contributed by atoms with Crippen LogP contribution in [0.4, 0.5) is 0 Å². The molecule has 2 rings (SSSR count). The molecule has 0 unspecified atom stereocenters. The summed E-state index contributed by atoms with van der Waals surface area (Å²) in [5, 5.41) is 6.54. The number of hydrogen-bond acceptors (Lipinski definition) is 3. The zero-order chi connectivity index (χ0) is 10.7. The summed E-state index contributed by atoms with van der Waals surface area (Å²) in [6, 6.07) is 8.60. The molecule has 0 aliphatic carbocycles. The summed E-state index contributed by atoms with van der Waals surface area (Å²) >= 11 is 3.43. The minimum Gasteiger partial charge on any atom is -0.355 e. The molecule has 1 aromatic carbocycles. The maximum atomic E-state index is 4.30. The summed E-state index contributed by atoms with van der Waals surface area (Å²) in [5.74, 6) is 0.908. The number of hydrogen-bond donors (Lipinski definition) is 2. The number of aliphatic imine (C=N–C) groups is 1. The molecule has 1 aliphatic heterocycles. The highest BCUT2D eigenvalue weighted by atomic mass is 79.9. The van der Waals surface area contributed by atoms with Gasteiger partial charge < -0.3 is 10.6 Å². The summed E-state index contributed by atoms with van der Waals surface area (Å²) in [6.45, 7) is 3.94. The van der Waals surface area contributed by atoms with Crippen LogP contribution in [0.25, 0.3) is 0 Å². The van der Waals surface area contributed by atoms with Crippen LogP contribution in [0.1, 0.15) is 18.5 Å². The first-order valence-corrected chi connectivity index (χ1v) is 5.85. The molecule has 1 atom stereocenters. The normalized spacial score (nSPS) is 16.8. The van der Waals surface area contributed by atoms with Crippen molar-refractivity contribution in [1.82, 2.24) is 10.6 Å². The van der Waals surface area contributed by atoms with Crippen LogP contribution in [0.2, 0.25) is 0 Å². The number of nitrogens with zero attached hydrogens (tertiary/aromatic N) is 1. The molecular weight excluding hydrogens is 254 g/mol. The first-order valence-electron chi connectivity index (χ1n) is 5.06. The van der Waals surface area contributed by atoms with Crippen LogP contribution in [0.5, 0.6) is 0 Å². The quantitative estimate of drug-likeness (QED) is 0.861. The Morgan fingerprint density at radius 3 is 2.73 bits per heavy atom. The summed E-state index contributed by atoms with van der Waals surface area (Å²) in [5.41, 5.74) is 1.26. The molecule has 3 nitrogen and oxygen atoms in total. The van der Waals surface area contributed by atoms with Gasteiger partial charge in [-0.15, -0.1) is 0 Å². The van der Waals surface area contributed by atoms with Crippen molar-refractivity contribution in [2.75, 3.05) is 13.1 Å². The van der Waals surface area contributed by atoms with Crippen LogP contribution in [-0.4, -0.2) is 19.0 Å². The molecule has 1 aromatic rings. The summed E-state index contributed by atoms with van der Waals surface area (Å²) < 4.78 is 1.11. The lowest BCUT2D eigenvalue weighted by Crippen LogP contribution is -2.35. The highest BCUT2D eigenvalue weighted by Gasteiger charge is 2.09. The predicted molar refractivity (Wildman–Crippen MR) is 66.0 cm³/mol. The minimum atomic E-state index is 0.280. The molecule has 2 N–H and O–H groups in total. The average Bonchev–Trinajstić information content (AvgIpc) is 2.71. The Hall–Kier alpha value is -1.03. The molecule has 0 bridgehead atoms. The Morgan fingerprint density at radius 1 is 1.40 bits per heavy atom. The van der Waals surface area contributed by atoms with Gasteiger partial charge in [-0.3, -0.25) is 4.99 Å². The van der Waals surface area contributed by atoms with Gasteiger partial charge in [0.15, 0.2) is 5.96 Å². The number of guanidine groups is 1. The molecule has 1 aliphatic rings. The molecule has 4 heteroatoms. The molecule has 0 radical (unpaired) electrons. The molecular formula is C11H14BrN3. The van der Waals surface area contributed by atoms with E-state index in [2.05, 4.69) is 62.7 Å². The monoisotopic (exact) mass is 267 g/mol. The number of rotatable bonds is 2. The van der Waals surface area contributed by atoms with Crippen LogP contribution >= 0.6 is 15.9 Å². The summed E-state index contributed by atoms with van der Waals surface area (Å²) in [6.07, 6.45) is 0. The lowest BCUT2D eigenvalue weighted by Gasteiger charge is -2.15. The molecule has 0 saturated carbocycles. The third-order valence-corrected chi connectivity index (χ3v) is 2.93. The Balaban J connectivity index is 2.00. The molecule has 0 spiro atoms. The van der Waals surface area contributed by atoms with Gasteiger partial charge in [0.1, 0.15) is 0 Å². The molecule has 0 aromatic heterocycles. The van der Waals surface area contributed by atoms with E-state index in [1.807, 2.05) is 0 Å². The van der Waals surface area contributed by atoms with Gasteiger partial charge >= 0.3 is 0 Å². The fourth-order valence-corrected chi connectivity index (χ4v) is 1.80. The largest absolute Gasteiger partial charge is 0.355 e. The fourth-order valence-electron chi connectivity index (χ4n) is 1.53. The van der Waals surface area contributed by atoms with Crippen molar-refractivity contribution in [2.45, 2.75) is 13.0 Å². The molecule has 15 heavy (non-hydrogen) atoms. The highest BCUT2D eigenvalue weighted by Crippen LogP contribution is 2.16. The third kappa shape index (κ3) is 2.72. The van der Waals surface area contributed by atoms with E-state index in [1.54, 1.807) is 0 Å². The van der Waals surface area contributed by atoms with Crippen LogP contribution in [0, 0.1) is 0 Å². The van der Waals surface area contributed by atoms with Gasteiger partial charge in [0, 0.05) is 11.0 Å². The molecule has 0 saturated heterocycles. The molecule has 0 amide bonds. The fraction of sp³-hybridized carbons (Fsp3) is 0.364. The maximum absolute atomic E-state index is 4.30. The van der Waals surface area contributed by atoms with E-state index in [9.17, 15) is 0 Å². The van der Waals surface area contributed by atoms with Crippen molar-refractivity contribution in [3.63, 3.8) is 0 Å². The van der Waals surface area contributed by atoms with Crippen molar-refractivity contribution >= 4 is 21.9 Å². The Kier molecular flexibility index (Phi) is 3.26. The third-order valence-electron chi connectivity index (χ3n) is 2.40. The van der Waals surface area contributed by atoms with Crippen molar-refractivity contribution in [3.8, 4) is 0 Å². The lowest BCUT2D eigenvalue weighted by atomic mass is 10.1. The standard InChI is InChI=1S/C11H14BrN3/c1-8(15-11-13-6-7-14-11)9-2-4-10(12)5-3-9/h2-5,8H,6-7H2,1H3,(H2,13,14,15)/t8-/m1/s1. The van der Waals surface area contributed by atoms with E-state index >= 15 is 0 Å². The summed E-state index contributed by atoms with van der Waals surface area (Å²) in [4.78, 5) is 4.30. The average molecular weight is 268 g/mol. The Labute approximate surface area is 98.1 Å². The maximum Gasteiger partial charge on any atom is 0.191 e. The second kappa shape index (κ2) is 4.66. The van der Waals surface area contributed by atoms with Gasteiger partial charge in [-0.2, -0.15) is 0 Å². The van der Waals surface area contributed by atoms with Crippen LogP contribution < -0.4 is 10.6 Å². The van der Waals surface area contributed by atoms with E-state index in [1.165, 1.54) is 5.56 Å². The van der Waals surface area contributed by atoms with E-state index < -0.39 is 0 Å². The van der Waals surface area contributed by atoms with Crippen LogP contribution in [0.15, 0.2) is 33.7 Å². The van der Waals surface area contributed by atoms with Crippen molar-refractivity contribution in [3.05, 3.63) is 34.3 Å². The smallest absolute Gasteiger partial charge is 0.191 e. The zero-order valence-electron chi connectivity index (χ0n) is 8.63. The first-order chi connectivity index (χ1) is 7.25.